The second kappa shape index (κ2) is 6.02. The van der Waals surface area contributed by atoms with E-state index in [1.165, 1.54) is 0 Å². The zero-order valence-electron chi connectivity index (χ0n) is 11.4. The van der Waals surface area contributed by atoms with Gasteiger partial charge >= 0.3 is 0 Å². The van der Waals surface area contributed by atoms with Crippen molar-refractivity contribution >= 4 is 5.91 Å². The van der Waals surface area contributed by atoms with Gasteiger partial charge in [-0.25, -0.2) is 4.98 Å². The van der Waals surface area contributed by atoms with Gasteiger partial charge in [0.25, 0.3) is 5.91 Å². The Morgan fingerprint density at radius 1 is 1.63 bits per heavy atom. The number of rotatable bonds is 3. The third-order valence-electron chi connectivity index (χ3n) is 3.48. The van der Waals surface area contributed by atoms with Crippen molar-refractivity contribution in [3.8, 4) is 5.75 Å². The minimum absolute atomic E-state index is 0.171. The van der Waals surface area contributed by atoms with E-state index < -0.39 is 6.10 Å². The first-order chi connectivity index (χ1) is 9.13. The molecule has 104 valence electrons. The van der Waals surface area contributed by atoms with Gasteiger partial charge < -0.3 is 14.7 Å². The second-order valence-electron chi connectivity index (χ2n) is 4.87. The summed E-state index contributed by atoms with van der Waals surface area (Å²) in [7, 11) is 0. The van der Waals surface area contributed by atoms with Crippen LogP contribution in [-0.2, 0) is 0 Å². The molecule has 2 atom stereocenters. The molecule has 19 heavy (non-hydrogen) atoms. The first-order valence-electron chi connectivity index (χ1n) is 6.68. The lowest BCUT2D eigenvalue weighted by atomic mass is 9.96. The minimum atomic E-state index is -0.461. The van der Waals surface area contributed by atoms with Gasteiger partial charge in [0.15, 0.2) is 11.4 Å². The normalized spacial score (nSPS) is 23.2. The molecule has 1 aromatic heterocycles. The summed E-state index contributed by atoms with van der Waals surface area (Å²) in [5.74, 6) is 0.567. The van der Waals surface area contributed by atoms with Gasteiger partial charge in [-0.1, -0.05) is 6.92 Å². The molecule has 0 radical (unpaired) electrons. The Labute approximate surface area is 113 Å². The van der Waals surface area contributed by atoms with Crippen molar-refractivity contribution in [2.45, 2.75) is 26.4 Å². The molecule has 5 heteroatoms. The molecule has 2 heterocycles. The van der Waals surface area contributed by atoms with Gasteiger partial charge in [0, 0.05) is 19.3 Å². The summed E-state index contributed by atoms with van der Waals surface area (Å²) in [6.07, 6.45) is 1.93. The van der Waals surface area contributed by atoms with Crippen LogP contribution in [0.4, 0.5) is 0 Å². The van der Waals surface area contributed by atoms with Crippen LogP contribution in [0.15, 0.2) is 18.3 Å². The molecule has 1 saturated heterocycles. The van der Waals surface area contributed by atoms with Crippen molar-refractivity contribution in [2.75, 3.05) is 19.7 Å². The van der Waals surface area contributed by atoms with E-state index in [4.69, 9.17) is 4.74 Å². The molecule has 0 bridgehead atoms. The van der Waals surface area contributed by atoms with E-state index in [0.717, 1.165) is 6.42 Å². The van der Waals surface area contributed by atoms with Crippen molar-refractivity contribution in [1.82, 2.24) is 9.88 Å². The number of nitrogens with zero attached hydrogens (tertiary/aromatic N) is 2. The SMILES string of the molecule is CCOc1cccnc1C(=O)N1CCC(C)C(O)C1. The fourth-order valence-corrected chi connectivity index (χ4v) is 2.21. The molecule has 2 rings (SSSR count). The Balaban J connectivity index is 2.15. The number of β-amino-alcohol motifs (C(OH)–C–C–N with tert-alkyl or cyclic N) is 1. The maximum absolute atomic E-state index is 12.4. The number of aliphatic hydroxyl groups is 1. The van der Waals surface area contributed by atoms with Crippen LogP contribution in [0.5, 0.6) is 5.75 Å². The van der Waals surface area contributed by atoms with E-state index in [0.29, 0.717) is 31.1 Å². The summed E-state index contributed by atoms with van der Waals surface area (Å²) < 4.78 is 5.42. The number of aliphatic hydroxyl groups excluding tert-OH is 1. The summed E-state index contributed by atoms with van der Waals surface area (Å²) in [5, 5.41) is 9.87. The van der Waals surface area contributed by atoms with E-state index in [-0.39, 0.29) is 11.8 Å². The second-order valence-corrected chi connectivity index (χ2v) is 4.87. The quantitative estimate of drug-likeness (QED) is 0.894. The number of pyridine rings is 1. The van der Waals surface area contributed by atoms with Gasteiger partial charge in [-0.2, -0.15) is 0 Å². The Bertz CT molecular complexity index is 450. The van der Waals surface area contributed by atoms with Crippen molar-refractivity contribution < 1.29 is 14.6 Å². The number of carbonyl (C=O) groups is 1. The highest BCUT2D eigenvalue weighted by Gasteiger charge is 2.29. The maximum atomic E-state index is 12.4. The fraction of sp³-hybridized carbons (Fsp3) is 0.571. The van der Waals surface area contributed by atoms with Gasteiger partial charge in [0.05, 0.1) is 12.7 Å². The molecule has 1 aliphatic rings. The lowest BCUT2D eigenvalue weighted by molar-refractivity contribution is 0.0243. The Hall–Kier alpha value is -1.62. The van der Waals surface area contributed by atoms with Crippen LogP contribution in [0.2, 0.25) is 0 Å². The van der Waals surface area contributed by atoms with Gasteiger partial charge in [-0.3, -0.25) is 4.79 Å². The topological polar surface area (TPSA) is 62.7 Å². The van der Waals surface area contributed by atoms with E-state index in [1.807, 2.05) is 13.8 Å². The third kappa shape index (κ3) is 3.04. The lowest BCUT2D eigenvalue weighted by Gasteiger charge is -2.34. The van der Waals surface area contributed by atoms with Crippen LogP contribution < -0.4 is 4.74 Å². The molecule has 1 N–H and O–H groups in total. The molecular formula is C14H20N2O3. The summed E-state index contributed by atoms with van der Waals surface area (Å²) in [6.45, 7) is 5.37. The van der Waals surface area contributed by atoms with Crippen molar-refractivity contribution in [3.05, 3.63) is 24.0 Å². The number of likely N-dealkylation sites (tertiary alicyclic amines) is 1. The first-order valence-corrected chi connectivity index (χ1v) is 6.68. The highest BCUT2D eigenvalue weighted by Crippen LogP contribution is 2.22. The van der Waals surface area contributed by atoms with Crippen LogP contribution in [0, 0.1) is 5.92 Å². The molecule has 0 spiro atoms. The van der Waals surface area contributed by atoms with Crippen molar-refractivity contribution in [3.63, 3.8) is 0 Å². The molecule has 2 unspecified atom stereocenters. The number of carbonyl (C=O) groups excluding carboxylic acids is 1. The maximum Gasteiger partial charge on any atom is 0.276 e. The molecule has 1 fully saturated rings. The molecule has 1 amide bonds. The predicted molar refractivity (Wildman–Crippen MR) is 71.1 cm³/mol. The molecule has 0 saturated carbocycles. The molecular weight excluding hydrogens is 244 g/mol. The smallest absolute Gasteiger partial charge is 0.276 e. The molecule has 0 aromatic carbocycles. The van der Waals surface area contributed by atoms with Crippen LogP contribution in [0.3, 0.4) is 0 Å². The van der Waals surface area contributed by atoms with Gasteiger partial charge in [-0.15, -0.1) is 0 Å². The summed E-state index contributed by atoms with van der Waals surface area (Å²) >= 11 is 0. The summed E-state index contributed by atoms with van der Waals surface area (Å²) in [4.78, 5) is 18.2. The van der Waals surface area contributed by atoms with Crippen LogP contribution in [0.1, 0.15) is 30.8 Å². The number of ether oxygens (including phenoxy) is 1. The predicted octanol–water partition coefficient (Wildman–Crippen LogP) is 1.32. The van der Waals surface area contributed by atoms with Gasteiger partial charge in [-0.05, 0) is 31.4 Å². The van der Waals surface area contributed by atoms with Crippen LogP contribution >= 0.6 is 0 Å². The molecule has 1 aromatic rings. The molecule has 5 nitrogen and oxygen atoms in total. The van der Waals surface area contributed by atoms with Crippen molar-refractivity contribution in [2.24, 2.45) is 5.92 Å². The minimum Gasteiger partial charge on any atom is -0.491 e. The van der Waals surface area contributed by atoms with Gasteiger partial charge in [0.1, 0.15) is 0 Å². The van der Waals surface area contributed by atoms with E-state index in [9.17, 15) is 9.90 Å². The first kappa shape index (κ1) is 13.8. The Morgan fingerprint density at radius 2 is 2.42 bits per heavy atom. The fourth-order valence-electron chi connectivity index (χ4n) is 2.21. The number of hydrogen-bond acceptors (Lipinski definition) is 4. The lowest BCUT2D eigenvalue weighted by Crippen LogP contribution is -2.46. The average Bonchev–Trinajstić information content (AvgIpc) is 2.42. The van der Waals surface area contributed by atoms with Crippen molar-refractivity contribution in [1.29, 1.82) is 0 Å². The highest BCUT2D eigenvalue weighted by molar-refractivity contribution is 5.95. The zero-order chi connectivity index (χ0) is 13.8. The van der Waals surface area contributed by atoms with E-state index >= 15 is 0 Å². The molecule has 1 aliphatic heterocycles. The molecule has 0 aliphatic carbocycles. The third-order valence-corrected chi connectivity index (χ3v) is 3.48. The van der Waals surface area contributed by atoms with E-state index in [2.05, 4.69) is 4.98 Å². The van der Waals surface area contributed by atoms with Crippen LogP contribution in [0.25, 0.3) is 0 Å². The highest BCUT2D eigenvalue weighted by atomic mass is 16.5. The standard InChI is InChI=1S/C14H20N2O3/c1-3-19-12-5-4-7-15-13(12)14(18)16-8-6-10(2)11(17)9-16/h4-5,7,10-11,17H,3,6,8-9H2,1-2H3. The van der Waals surface area contributed by atoms with E-state index in [1.54, 1.807) is 23.2 Å². The number of aromatic nitrogens is 1. The summed E-state index contributed by atoms with van der Waals surface area (Å²) in [6, 6.07) is 3.49. The Morgan fingerprint density at radius 3 is 3.11 bits per heavy atom. The zero-order valence-corrected chi connectivity index (χ0v) is 11.4. The van der Waals surface area contributed by atoms with Crippen LogP contribution in [-0.4, -0.2) is 46.7 Å². The average molecular weight is 264 g/mol. The summed E-state index contributed by atoms with van der Waals surface area (Å²) in [5.41, 5.74) is 0.325. The number of piperidine rings is 1. The van der Waals surface area contributed by atoms with Gasteiger partial charge in [0.2, 0.25) is 0 Å². The number of amides is 1. The number of hydrogen-bond donors (Lipinski definition) is 1. The Kier molecular flexibility index (Phi) is 4.37. The largest absolute Gasteiger partial charge is 0.491 e. The monoisotopic (exact) mass is 264 g/mol.